The van der Waals surface area contributed by atoms with Crippen LogP contribution in [-0.2, 0) is 11.2 Å². The summed E-state index contributed by atoms with van der Waals surface area (Å²) in [5.41, 5.74) is 4.11. The zero-order valence-electron chi connectivity index (χ0n) is 23.1. The Hall–Kier alpha value is -3.72. The number of amides is 1. The van der Waals surface area contributed by atoms with Crippen molar-refractivity contribution in [1.82, 2.24) is 14.8 Å². The Morgan fingerprint density at radius 2 is 1.71 bits per heavy atom. The molecule has 1 saturated heterocycles. The molecule has 41 heavy (non-hydrogen) atoms. The lowest BCUT2D eigenvalue weighted by Crippen LogP contribution is -2.42. The second-order valence-electron chi connectivity index (χ2n) is 10.3. The number of methoxy groups -OCH3 is 1. The normalized spacial score (nSPS) is 17.3. The van der Waals surface area contributed by atoms with Gasteiger partial charge in [0, 0.05) is 47.8 Å². The molecule has 8 nitrogen and oxygen atoms in total. The number of carbonyl (C=O) groups excluding carboxylic acids is 1. The van der Waals surface area contributed by atoms with Gasteiger partial charge in [0.25, 0.3) is 0 Å². The smallest absolute Gasteiger partial charge is 0.416 e. The summed E-state index contributed by atoms with van der Waals surface area (Å²) in [4.78, 5) is 21.3. The maximum atomic E-state index is 13.6. The maximum absolute atomic E-state index is 13.6. The van der Waals surface area contributed by atoms with Crippen LogP contribution in [0.15, 0.2) is 66.7 Å². The standard InChI is InChI=1S/C32H34ClN3O5/c1-38-24-8-10-26(11-9-24)41-32(37)36-15-13-27-28-21-23(33)5-12-29(28)34-30(27)31(36)22-3-6-25(7-4-22)40-18-2-14-35-16-19-39-20-17-35/h3-12,21,31,34H,2,13-20H2,1H3. The molecule has 0 bridgehead atoms. The third-order valence-electron chi connectivity index (χ3n) is 7.78. The van der Waals surface area contributed by atoms with Crippen molar-refractivity contribution in [2.24, 2.45) is 0 Å². The molecule has 0 saturated carbocycles. The third kappa shape index (κ3) is 6.15. The second kappa shape index (κ2) is 12.4. The number of aromatic amines is 1. The van der Waals surface area contributed by atoms with Crippen molar-refractivity contribution in [3.63, 3.8) is 0 Å². The van der Waals surface area contributed by atoms with Crippen LogP contribution in [0.2, 0.25) is 5.02 Å². The highest BCUT2D eigenvalue weighted by Crippen LogP contribution is 2.40. The predicted molar refractivity (Wildman–Crippen MR) is 158 cm³/mol. The Balaban J connectivity index is 1.22. The highest BCUT2D eigenvalue weighted by atomic mass is 35.5. The first-order valence-corrected chi connectivity index (χ1v) is 14.4. The molecule has 6 rings (SSSR count). The van der Waals surface area contributed by atoms with Crippen molar-refractivity contribution in [2.45, 2.75) is 18.9 Å². The molecule has 1 N–H and O–H groups in total. The second-order valence-corrected chi connectivity index (χ2v) is 10.8. The minimum atomic E-state index is -0.411. The van der Waals surface area contributed by atoms with E-state index in [1.54, 1.807) is 36.3 Å². The first-order chi connectivity index (χ1) is 20.1. The number of hydrogen-bond donors (Lipinski definition) is 1. The highest BCUT2D eigenvalue weighted by molar-refractivity contribution is 6.31. The number of fused-ring (bicyclic) bond motifs is 3. The number of H-pyrrole nitrogens is 1. The quantitative estimate of drug-likeness (QED) is 0.257. The van der Waals surface area contributed by atoms with Crippen molar-refractivity contribution in [3.8, 4) is 17.2 Å². The van der Waals surface area contributed by atoms with Crippen LogP contribution in [0, 0.1) is 0 Å². The van der Waals surface area contributed by atoms with E-state index in [0.717, 1.165) is 67.2 Å². The molecule has 214 valence electrons. The largest absolute Gasteiger partial charge is 0.497 e. The predicted octanol–water partition coefficient (Wildman–Crippen LogP) is 6.08. The lowest BCUT2D eigenvalue weighted by molar-refractivity contribution is 0.0358. The number of nitrogens with one attached hydrogen (secondary N) is 1. The van der Waals surface area contributed by atoms with E-state index in [1.165, 1.54) is 5.56 Å². The summed E-state index contributed by atoms with van der Waals surface area (Å²) < 4.78 is 22.5. The molecule has 3 aromatic carbocycles. The molecule has 9 heteroatoms. The van der Waals surface area contributed by atoms with Crippen molar-refractivity contribution in [2.75, 3.05) is 53.1 Å². The van der Waals surface area contributed by atoms with Gasteiger partial charge in [-0.15, -0.1) is 0 Å². The van der Waals surface area contributed by atoms with Gasteiger partial charge in [0.15, 0.2) is 0 Å². The van der Waals surface area contributed by atoms with Crippen LogP contribution in [0.5, 0.6) is 17.2 Å². The first kappa shape index (κ1) is 27.4. The molecule has 0 radical (unpaired) electrons. The molecule has 3 heterocycles. The van der Waals surface area contributed by atoms with E-state index >= 15 is 0 Å². The minimum Gasteiger partial charge on any atom is -0.497 e. The Morgan fingerprint density at radius 3 is 2.46 bits per heavy atom. The molecule has 0 aliphatic carbocycles. The molecule has 1 amide bonds. The van der Waals surface area contributed by atoms with E-state index in [1.807, 2.05) is 42.5 Å². The van der Waals surface area contributed by atoms with Gasteiger partial charge in [0.1, 0.15) is 23.3 Å². The molecule has 1 unspecified atom stereocenters. The zero-order valence-corrected chi connectivity index (χ0v) is 23.9. The van der Waals surface area contributed by atoms with Crippen molar-refractivity contribution >= 4 is 28.6 Å². The number of aromatic nitrogens is 1. The molecular formula is C32H34ClN3O5. The molecule has 0 spiro atoms. The summed E-state index contributed by atoms with van der Waals surface area (Å²) in [6.45, 7) is 5.73. The van der Waals surface area contributed by atoms with Crippen LogP contribution in [0.1, 0.15) is 29.3 Å². The van der Waals surface area contributed by atoms with E-state index in [4.69, 9.17) is 30.5 Å². The van der Waals surface area contributed by atoms with Gasteiger partial charge in [0.2, 0.25) is 0 Å². The molecule has 2 aliphatic rings. The van der Waals surface area contributed by atoms with Crippen molar-refractivity contribution < 1.29 is 23.7 Å². The number of carbonyl (C=O) groups is 1. The molecule has 1 aromatic heterocycles. The lowest BCUT2D eigenvalue weighted by Gasteiger charge is -2.35. The number of hydrogen-bond acceptors (Lipinski definition) is 6. The van der Waals surface area contributed by atoms with Gasteiger partial charge in [-0.1, -0.05) is 23.7 Å². The van der Waals surface area contributed by atoms with Gasteiger partial charge in [-0.2, -0.15) is 0 Å². The van der Waals surface area contributed by atoms with Crippen LogP contribution in [0.25, 0.3) is 10.9 Å². The van der Waals surface area contributed by atoms with Crippen LogP contribution in [0.3, 0.4) is 0 Å². The van der Waals surface area contributed by atoms with Crippen LogP contribution < -0.4 is 14.2 Å². The average Bonchev–Trinajstić information content (AvgIpc) is 3.38. The average molecular weight is 576 g/mol. The first-order valence-electron chi connectivity index (χ1n) is 14.0. The number of benzene rings is 3. The molecule has 2 aliphatic heterocycles. The number of halogens is 1. The van der Waals surface area contributed by atoms with E-state index in [0.29, 0.717) is 36.1 Å². The van der Waals surface area contributed by atoms with Gasteiger partial charge in [-0.25, -0.2) is 4.79 Å². The van der Waals surface area contributed by atoms with E-state index in [9.17, 15) is 4.79 Å². The molecule has 1 fully saturated rings. The van der Waals surface area contributed by atoms with Crippen LogP contribution in [0.4, 0.5) is 4.79 Å². The van der Waals surface area contributed by atoms with Crippen molar-refractivity contribution in [1.29, 1.82) is 0 Å². The van der Waals surface area contributed by atoms with E-state index in [2.05, 4.69) is 9.88 Å². The van der Waals surface area contributed by atoms with Crippen LogP contribution >= 0.6 is 11.6 Å². The molecule has 1 atom stereocenters. The molecule has 4 aromatic rings. The lowest BCUT2D eigenvalue weighted by atomic mass is 9.92. The topological polar surface area (TPSA) is 76.3 Å². The summed E-state index contributed by atoms with van der Waals surface area (Å²) >= 11 is 6.35. The summed E-state index contributed by atoms with van der Waals surface area (Å²) in [5, 5.41) is 1.77. The summed E-state index contributed by atoms with van der Waals surface area (Å²) in [5.74, 6) is 1.97. The Morgan fingerprint density at radius 1 is 0.976 bits per heavy atom. The number of morpholine rings is 1. The fourth-order valence-corrected chi connectivity index (χ4v) is 5.83. The highest BCUT2D eigenvalue weighted by Gasteiger charge is 2.35. The maximum Gasteiger partial charge on any atom is 0.416 e. The fourth-order valence-electron chi connectivity index (χ4n) is 5.66. The fraction of sp³-hybridized carbons (Fsp3) is 0.344. The Bertz CT molecular complexity index is 1480. The van der Waals surface area contributed by atoms with Crippen molar-refractivity contribution in [3.05, 3.63) is 88.6 Å². The monoisotopic (exact) mass is 575 g/mol. The summed E-state index contributed by atoms with van der Waals surface area (Å²) in [6, 6.07) is 20.5. The van der Waals surface area contributed by atoms with E-state index in [-0.39, 0.29) is 6.04 Å². The zero-order chi connectivity index (χ0) is 28.2. The Kier molecular flexibility index (Phi) is 8.32. The van der Waals surface area contributed by atoms with E-state index < -0.39 is 6.09 Å². The number of ether oxygens (including phenoxy) is 4. The van der Waals surface area contributed by atoms with Crippen LogP contribution in [-0.4, -0.2) is 74.0 Å². The SMILES string of the molecule is COc1ccc(OC(=O)N2CCc3c([nH]c4ccc(Cl)cc34)C2c2ccc(OCCCN3CCOCC3)cc2)cc1. The van der Waals surface area contributed by atoms with Gasteiger partial charge in [-0.05, 0) is 78.6 Å². The van der Waals surface area contributed by atoms with Gasteiger partial charge in [0.05, 0.1) is 26.9 Å². The van der Waals surface area contributed by atoms with Gasteiger partial charge in [-0.3, -0.25) is 9.80 Å². The molecular weight excluding hydrogens is 542 g/mol. The summed E-state index contributed by atoms with van der Waals surface area (Å²) in [7, 11) is 1.60. The van der Waals surface area contributed by atoms with Gasteiger partial charge >= 0.3 is 6.09 Å². The number of rotatable bonds is 8. The Labute approximate surface area is 244 Å². The van der Waals surface area contributed by atoms with Gasteiger partial charge < -0.3 is 23.9 Å². The minimum absolute atomic E-state index is 0.356. The summed E-state index contributed by atoms with van der Waals surface area (Å²) in [6.07, 6.45) is 1.23. The third-order valence-corrected chi connectivity index (χ3v) is 8.01. The number of nitrogens with zero attached hydrogens (tertiary/aromatic N) is 2.